The third-order valence-electron chi connectivity index (χ3n) is 4.98. The first-order valence-corrected chi connectivity index (χ1v) is 9.75. The predicted molar refractivity (Wildman–Crippen MR) is 103 cm³/mol. The zero-order valence-electron chi connectivity index (χ0n) is 15.0. The Kier molecular flexibility index (Phi) is 4.96. The van der Waals surface area contributed by atoms with Crippen molar-refractivity contribution in [3.8, 4) is 0 Å². The van der Waals surface area contributed by atoms with Crippen LogP contribution in [0, 0.1) is 0 Å². The Bertz CT molecular complexity index is 892. The highest BCUT2D eigenvalue weighted by molar-refractivity contribution is 7.10. The van der Waals surface area contributed by atoms with E-state index in [0.717, 1.165) is 24.4 Å². The van der Waals surface area contributed by atoms with Gasteiger partial charge in [-0.1, -0.05) is 30.3 Å². The zero-order chi connectivity index (χ0) is 18.8. The van der Waals surface area contributed by atoms with Crippen LogP contribution in [0.15, 0.2) is 53.0 Å². The molecule has 1 aromatic heterocycles. The molecule has 6 nitrogen and oxygen atoms in total. The lowest BCUT2D eigenvalue weighted by Crippen LogP contribution is -2.48. The van der Waals surface area contributed by atoms with Gasteiger partial charge in [0.2, 0.25) is 0 Å². The molecule has 4 rings (SSSR count). The average Bonchev–Trinajstić information content (AvgIpc) is 3.21. The second kappa shape index (κ2) is 7.54. The fourth-order valence-electron chi connectivity index (χ4n) is 3.68. The van der Waals surface area contributed by atoms with Gasteiger partial charge < -0.3 is 15.4 Å². The summed E-state index contributed by atoms with van der Waals surface area (Å²) in [7, 11) is 1.37. The molecule has 0 unspecified atom stereocenters. The first-order valence-electron chi connectivity index (χ1n) is 8.87. The summed E-state index contributed by atoms with van der Waals surface area (Å²) in [6, 6.07) is 11.4. The van der Waals surface area contributed by atoms with Gasteiger partial charge in [-0.25, -0.2) is 9.59 Å². The van der Waals surface area contributed by atoms with Gasteiger partial charge in [0.15, 0.2) is 0 Å². The van der Waals surface area contributed by atoms with Crippen LogP contribution in [0.3, 0.4) is 0 Å². The third kappa shape index (κ3) is 3.61. The lowest BCUT2D eigenvalue weighted by Gasteiger charge is -2.33. The predicted octanol–water partition coefficient (Wildman–Crippen LogP) is 2.59. The summed E-state index contributed by atoms with van der Waals surface area (Å²) in [5.74, 6) is -0.423. The van der Waals surface area contributed by atoms with Gasteiger partial charge in [0.05, 0.1) is 18.7 Å². The number of fused-ring (bicyclic) bond motifs is 1. The quantitative estimate of drug-likeness (QED) is 0.796. The summed E-state index contributed by atoms with van der Waals surface area (Å²) in [4.78, 5) is 28.0. The number of amides is 2. The zero-order valence-corrected chi connectivity index (χ0v) is 15.8. The fourth-order valence-corrected chi connectivity index (χ4v) is 4.46. The molecule has 0 saturated heterocycles. The average molecular weight is 383 g/mol. The molecule has 27 heavy (non-hydrogen) atoms. The molecule has 0 aliphatic carbocycles. The molecular weight excluding hydrogens is 362 g/mol. The van der Waals surface area contributed by atoms with Crippen LogP contribution in [0.2, 0.25) is 0 Å². The van der Waals surface area contributed by atoms with Crippen LogP contribution >= 0.6 is 11.3 Å². The number of carbonyl (C=O) groups excluding carboxylic acids is 2. The van der Waals surface area contributed by atoms with Crippen LogP contribution in [0.1, 0.15) is 22.0 Å². The second-order valence-corrected chi connectivity index (χ2v) is 7.64. The molecule has 0 saturated carbocycles. The van der Waals surface area contributed by atoms with Gasteiger partial charge in [0.1, 0.15) is 0 Å². The molecule has 2 aromatic rings. The van der Waals surface area contributed by atoms with E-state index in [9.17, 15) is 9.59 Å². The Morgan fingerprint density at radius 3 is 2.81 bits per heavy atom. The molecule has 140 valence electrons. The van der Waals surface area contributed by atoms with Crippen LogP contribution in [-0.4, -0.2) is 37.1 Å². The highest BCUT2D eigenvalue weighted by Gasteiger charge is 2.34. The highest BCUT2D eigenvalue weighted by Crippen LogP contribution is 2.31. The number of rotatable bonds is 4. The summed E-state index contributed by atoms with van der Waals surface area (Å²) in [6.45, 7) is 2.16. The molecule has 0 bridgehead atoms. The summed E-state index contributed by atoms with van der Waals surface area (Å²) < 4.78 is 5.03. The molecule has 0 radical (unpaired) electrons. The number of ether oxygens (including phenoxy) is 1. The van der Waals surface area contributed by atoms with Gasteiger partial charge in [0, 0.05) is 30.2 Å². The van der Waals surface area contributed by atoms with Crippen LogP contribution < -0.4 is 10.6 Å². The van der Waals surface area contributed by atoms with Crippen molar-refractivity contribution in [2.24, 2.45) is 0 Å². The van der Waals surface area contributed by atoms with E-state index in [2.05, 4.69) is 33.7 Å². The van der Waals surface area contributed by atoms with E-state index in [-0.39, 0.29) is 6.03 Å². The number of methoxy groups -OCH3 is 1. The lowest BCUT2D eigenvalue weighted by atomic mass is 9.98. The summed E-state index contributed by atoms with van der Waals surface area (Å²) in [5, 5.41) is 7.62. The van der Waals surface area contributed by atoms with Crippen LogP contribution in [-0.2, 0) is 22.5 Å². The van der Waals surface area contributed by atoms with Gasteiger partial charge in [-0.3, -0.25) is 4.90 Å². The highest BCUT2D eigenvalue weighted by atomic mass is 32.1. The molecule has 1 atom stereocenters. The third-order valence-corrected chi connectivity index (χ3v) is 5.92. The van der Waals surface area contributed by atoms with Gasteiger partial charge in [-0.15, -0.1) is 11.3 Å². The number of nitrogens with one attached hydrogen (secondary N) is 2. The SMILES string of the molecule is COC(=O)C1=C(CN2CCc3ccccc3C2)NC(=O)N[C@H]1c1cccs1. The molecule has 2 aliphatic rings. The first kappa shape index (κ1) is 17.8. The van der Waals surface area contributed by atoms with Gasteiger partial charge in [-0.2, -0.15) is 0 Å². The van der Waals surface area contributed by atoms with E-state index >= 15 is 0 Å². The minimum Gasteiger partial charge on any atom is -0.466 e. The fraction of sp³-hybridized carbons (Fsp3) is 0.300. The molecule has 0 fully saturated rings. The number of hydrogen-bond acceptors (Lipinski definition) is 5. The first-order chi connectivity index (χ1) is 13.2. The summed E-state index contributed by atoms with van der Waals surface area (Å²) >= 11 is 1.50. The molecule has 7 heteroatoms. The van der Waals surface area contributed by atoms with Crippen LogP contribution in [0.5, 0.6) is 0 Å². The maximum absolute atomic E-state index is 12.5. The normalized spacial score (nSPS) is 19.9. The maximum Gasteiger partial charge on any atom is 0.338 e. The number of urea groups is 1. The van der Waals surface area contributed by atoms with E-state index < -0.39 is 12.0 Å². The number of thiophene rings is 1. The van der Waals surface area contributed by atoms with Crippen molar-refractivity contribution in [2.45, 2.75) is 19.0 Å². The summed E-state index contributed by atoms with van der Waals surface area (Å²) in [6.07, 6.45) is 0.956. The topological polar surface area (TPSA) is 70.7 Å². The van der Waals surface area contributed by atoms with E-state index in [4.69, 9.17) is 4.74 Å². The molecule has 1 aromatic carbocycles. The standard InChI is InChI=1S/C20H21N3O3S/c1-26-19(24)17-15(21-20(25)22-18(17)16-7-4-10-27-16)12-23-9-8-13-5-2-3-6-14(13)11-23/h2-7,10,18H,8-9,11-12H2,1H3,(H2,21,22,25)/t18-/m0/s1. The van der Waals surface area contributed by atoms with Crippen molar-refractivity contribution >= 4 is 23.3 Å². The molecule has 0 spiro atoms. The van der Waals surface area contributed by atoms with E-state index in [0.29, 0.717) is 17.8 Å². The van der Waals surface area contributed by atoms with Crippen molar-refractivity contribution in [3.05, 3.63) is 69.1 Å². The van der Waals surface area contributed by atoms with Crippen molar-refractivity contribution in [1.82, 2.24) is 15.5 Å². The largest absolute Gasteiger partial charge is 0.466 e. The number of benzene rings is 1. The number of carbonyl (C=O) groups is 2. The molecule has 3 heterocycles. The summed E-state index contributed by atoms with van der Waals surface area (Å²) in [5.41, 5.74) is 3.74. The Labute approximate surface area is 161 Å². The van der Waals surface area contributed by atoms with Crippen LogP contribution in [0.4, 0.5) is 4.79 Å². The van der Waals surface area contributed by atoms with E-state index in [1.165, 1.54) is 29.6 Å². The Morgan fingerprint density at radius 1 is 1.26 bits per heavy atom. The number of esters is 1. The molecule has 2 amide bonds. The van der Waals surface area contributed by atoms with Gasteiger partial charge in [-0.05, 0) is 29.0 Å². The van der Waals surface area contributed by atoms with E-state index in [1.807, 2.05) is 23.6 Å². The smallest absolute Gasteiger partial charge is 0.338 e. The molecule has 2 N–H and O–H groups in total. The Balaban J connectivity index is 1.65. The second-order valence-electron chi connectivity index (χ2n) is 6.66. The van der Waals surface area contributed by atoms with Gasteiger partial charge in [0.25, 0.3) is 0 Å². The van der Waals surface area contributed by atoms with Crippen molar-refractivity contribution < 1.29 is 14.3 Å². The van der Waals surface area contributed by atoms with Crippen molar-refractivity contribution in [2.75, 3.05) is 20.2 Å². The minimum absolute atomic E-state index is 0.298. The number of nitrogens with zero attached hydrogens (tertiary/aromatic N) is 1. The Morgan fingerprint density at radius 2 is 2.07 bits per heavy atom. The Hall–Kier alpha value is -2.64. The van der Waals surface area contributed by atoms with Crippen LogP contribution in [0.25, 0.3) is 0 Å². The monoisotopic (exact) mass is 383 g/mol. The van der Waals surface area contributed by atoms with E-state index in [1.54, 1.807) is 0 Å². The van der Waals surface area contributed by atoms with Gasteiger partial charge >= 0.3 is 12.0 Å². The minimum atomic E-state index is -0.488. The maximum atomic E-state index is 12.5. The van der Waals surface area contributed by atoms with Crippen molar-refractivity contribution in [3.63, 3.8) is 0 Å². The molecular formula is C20H21N3O3S. The lowest BCUT2D eigenvalue weighted by molar-refractivity contribution is -0.136. The molecule has 2 aliphatic heterocycles. The van der Waals surface area contributed by atoms with Crippen molar-refractivity contribution in [1.29, 1.82) is 0 Å². The number of hydrogen-bond donors (Lipinski definition) is 2.